The third-order valence-corrected chi connectivity index (χ3v) is 3.60. The molecule has 2 N–H and O–H groups in total. The molecule has 0 aliphatic carbocycles. The minimum Gasteiger partial charge on any atom is -0.493 e. The maximum Gasteiger partial charge on any atom is 0.161 e. The van der Waals surface area contributed by atoms with Gasteiger partial charge in [-0.25, -0.2) is 0 Å². The summed E-state index contributed by atoms with van der Waals surface area (Å²) in [5, 5.41) is 8.61. The molecule has 0 amide bonds. The highest BCUT2D eigenvalue weighted by molar-refractivity contribution is 5.32. The first-order chi connectivity index (χ1) is 8.95. The predicted octanol–water partition coefficient (Wildman–Crippen LogP) is 1.02. The lowest BCUT2D eigenvalue weighted by molar-refractivity contribution is 0.402. The van der Waals surface area contributed by atoms with Gasteiger partial charge in [-0.1, -0.05) is 0 Å². The molecule has 0 radical (unpaired) electrons. The van der Waals surface area contributed by atoms with Crippen molar-refractivity contribution in [3.05, 3.63) is 28.8 Å². The Bertz CT molecular complexity index is 584. The summed E-state index contributed by atoms with van der Waals surface area (Å²) < 4.78 is 8.96. The van der Waals surface area contributed by atoms with Crippen LogP contribution in [-0.2, 0) is 20.5 Å². The van der Waals surface area contributed by atoms with Crippen molar-refractivity contribution in [2.75, 3.05) is 7.11 Å². The first kappa shape index (κ1) is 13.6. The molecule has 0 aromatic carbocycles. The lowest BCUT2D eigenvalue weighted by Gasteiger charge is -2.14. The van der Waals surface area contributed by atoms with Crippen molar-refractivity contribution in [1.29, 1.82) is 0 Å². The Morgan fingerprint density at radius 2 is 2.00 bits per heavy atom. The van der Waals surface area contributed by atoms with E-state index in [1.54, 1.807) is 18.0 Å². The number of hydrogen-bond donors (Lipinski definition) is 1. The summed E-state index contributed by atoms with van der Waals surface area (Å²) in [4.78, 5) is 0. The third kappa shape index (κ3) is 2.35. The molecule has 2 rings (SSSR count). The van der Waals surface area contributed by atoms with Crippen LogP contribution >= 0.6 is 0 Å². The Morgan fingerprint density at radius 1 is 1.32 bits per heavy atom. The number of rotatable bonds is 4. The lowest BCUT2D eigenvalue weighted by Crippen LogP contribution is -2.18. The van der Waals surface area contributed by atoms with Crippen LogP contribution in [0.4, 0.5) is 0 Å². The van der Waals surface area contributed by atoms with Crippen LogP contribution < -0.4 is 10.5 Å². The molecule has 6 nitrogen and oxygen atoms in total. The Labute approximate surface area is 113 Å². The van der Waals surface area contributed by atoms with Crippen LogP contribution in [0.1, 0.15) is 28.7 Å². The number of aryl methyl sites for hydroxylation is 3. The van der Waals surface area contributed by atoms with Crippen molar-refractivity contribution in [2.45, 2.75) is 26.3 Å². The van der Waals surface area contributed by atoms with Gasteiger partial charge in [0.05, 0.1) is 30.7 Å². The number of nitrogens with two attached hydrogens (primary N) is 1. The summed E-state index contributed by atoms with van der Waals surface area (Å²) in [6.07, 6.45) is 2.42. The average Bonchev–Trinajstić information content (AvgIpc) is 2.85. The van der Waals surface area contributed by atoms with E-state index in [-0.39, 0.29) is 6.04 Å². The lowest BCUT2D eigenvalue weighted by atomic mass is 10.0. The van der Waals surface area contributed by atoms with Crippen molar-refractivity contribution >= 4 is 0 Å². The van der Waals surface area contributed by atoms with E-state index in [1.807, 2.05) is 25.7 Å². The van der Waals surface area contributed by atoms with E-state index in [1.165, 1.54) is 5.56 Å². The summed E-state index contributed by atoms with van der Waals surface area (Å²) in [5.74, 6) is 0.731. The molecule has 0 aliphatic heterocycles. The quantitative estimate of drug-likeness (QED) is 0.894. The van der Waals surface area contributed by atoms with Gasteiger partial charge >= 0.3 is 0 Å². The molecule has 1 atom stereocenters. The molecule has 2 aromatic heterocycles. The minimum absolute atomic E-state index is 0.163. The van der Waals surface area contributed by atoms with Crippen LogP contribution in [0.5, 0.6) is 5.75 Å². The van der Waals surface area contributed by atoms with E-state index in [9.17, 15) is 0 Å². The van der Waals surface area contributed by atoms with Gasteiger partial charge in [0.2, 0.25) is 0 Å². The maximum atomic E-state index is 6.32. The van der Waals surface area contributed by atoms with Crippen LogP contribution in [0, 0.1) is 13.8 Å². The SMILES string of the molecule is COc1cnn(C)c1C(N)Cc1c(C)nn(C)c1C. The number of ether oxygens (including phenoxy) is 1. The van der Waals surface area contributed by atoms with Crippen LogP contribution in [0.15, 0.2) is 6.20 Å². The Kier molecular flexibility index (Phi) is 3.61. The molecule has 0 bridgehead atoms. The molecule has 2 heterocycles. The predicted molar refractivity (Wildman–Crippen MR) is 73.1 cm³/mol. The number of aromatic nitrogens is 4. The van der Waals surface area contributed by atoms with Gasteiger partial charge in [-0.15, -0.1) is 0 Å². The zero-order chi connectivity index (χ0) is 14.2. The molecule has 0 saturated carbocycles. The molecule has 19 heavy (non-hydrogen) atoms. The summed E-state index contributed by atoms with van der Waals surface area (Å²) in [7, 11) is 5.45. The number of hydrogen-bond acceptors (Lipinski definition) is 4. The van der Waals surface area contributed by atoms with Crippen LogP contribution in [0.2, 0.25) is 0 Å². The molecule has 0 aliphatic rings. The summed E-state index contributed by atoms with van der Waals surface area (Å²) in [5.41, 5.74) is 10.6. The van der Waals surface area contributed by atoms with E-state index in [4.69, 9.17) is 10.5 Å². The van der Waals surface area contributed by atoms with E-state index in [2.05, 4.69) is 17.1 Å². The van der Waals surface area contributed by atoms with Crippen LogP contribution in [-0.4, -0.2) is 26.7 Å². The standard InChI is InChI=1S/C13H21N5O/c1-8-10(9(2)17(3)16-8)6-11(14)13-12(19-5)7-15-18(13)4/h7,11H,6,14H2,1-5H3. The van der Waals surface area contributed by atoms with Gasteiger partial charge in [0, 0.05) is 19.8 Å². The number of nitrogens with zero attached hydrogens (tertiary/aromatic N) is 4. The van der Waals surface area contributed by atoms with E-state index in [0.717, 1.165) is 29.3 Å². The van der Waals surface area contributed by atoms with Gasteiger partial charge in [0.25, 0.3) is 0 Å². The smallest absolute Gasteiger partial charge is 0.161 e. The summed E-state index contributed by atoms with van der Waals surface area (Å²) >= 11 is 0. The molecule has 0 saturated heterocycles. The Balaban J connectivity index is 2.30. The van der Waals surface area contributed by atoms with E-state index < -0.39 is 0 Å². The molecular formula is C13H21N5O. The fraction of sp³-hybridized carbons (Fsp3) is 0.538. The van der Waals surface area contributed by atoms with Gasteiger partial charge in [0.15, 0.2) is 5.75 Å². The van der Waals surface area contributed by atoms with Gasteiger partial charge in [0.1, 0.15) is 0 Å². The van der Waals surface area contributed by atoms with Crippen molar-refractivity contribution in [2.24, 2.45) is 19.8 Å². The second-order valence-electron chi connectivity index (χ2n) is 4.81. The molecule has 0 spiro atoms. The maximum absolute atomic E-state index is 6.32. The van der Waals surface area contributed by atoms with Gasteiger partial charge < -0.3 is 10.5 Å². The summed E-state index contributed by atoms with van der Waals surface area (Å²) in [6, 6.07) is -0.163. The molecule has 6 heteroatoms. The molecule has 1 unspecified atom stereocenters. The zero-order valence-corrected chi connectivity index (χ0v) is 12.1. The second-order valence-corrected chi connectivity index (χ2v) is 4.81. The van der Waals surface area contributed by atoms with Crippen LogP contribution in [0.25, 0.3) is 0 Å². The van der Waals surface area contributed by atoms with Crippen molar-refractivity contribution in [3.63, 3.8) is 0 Å². The highest BCUT2D eigenvalue weighted by Crippen LogP contribution is 2.26. The van der Waals surface area contributed by atoms with E-state index >= 15 is 0 Å². The first-order valence-electron chi connectivity index (χ1n) is 6.26. The minimum atomic E-state index is -0.163. The fourth-order valence-corrected chi connectivity index (χ4v) is 2.44. The molecule has 2 aromatic rings. The largest absolute Gasteiger partial charge is 0.493 e. The average molecular weight is 263 g/mol. The summed E-state index contributed by atoms with van der Waals surface area (Å²) in [6.45, 7) is 4.07. The highest BCUT2D eigenvalue weighted by Gasteiger charge is 2.20. The molecular weight excluding hydrogens is 242 g/mol. The molecule has 0 fully saturated rings. The second kappa shape index (κ2) is 5.05. The van der Waals surface area contributed by atoms with E-state index in [0.29, 0.717) is 0 Å². The van der Waals surface area contributed by atoms with Gasteiger partial charge in [-0.05, 0) is 25.8 Å². The van der Waals surface area contributed by atoms with Gasteiger partial charge in [-0.3, -0.25) is 9.36 Å². The Hall–Kier alpha value is -1.82. The van der Waals surface area contributed by atoms with Crippen LogP contribution in [0.3, 0.4) is 0 Å². The third-order valence-electron chi connectivity index (χ3n) is 3.60. The fourth-order valence-electron chi connectivity index (χ4n) is 2.44. The monoisotopic (exact) mass is 263 g/mol. The van der Waals surface area contributed by atoms with Crippen molar-refractivity contribution in [1.82, 2.24) is 19.6 Å². The van der Waals surface area contributed by atoms with Crippen molar-refractivity contribution in [3.8, 4) is 5.75 Å². The molecule has 104 valence electrons. The Morgan fingerprint density at radius 3 is 2.53 bits per heavy atom. The van der Waals surface area contributed by atoms with Gasteiger partial charge in [-0.2, -0.15) is 10.2 Å². The topological polar surface area (TPSA) is 70.9 Å². The zero-order valence-electron chi connectivity index (χ0n) is 12.1. The normalized spacial score (nSPS) is 12.7. The first-order valence-corrected chi connectivity index (χ1v) is 6.26. The van der Waals surface area contributed by atoms with Crippen molar-refractivity contribution < 1.29 is 4.74 Å². The highest BCUT2D eigenvalue weighted by atomic mass is 16.5. The number of methoxy groups -OCH3 is 1.